The van der Waals surface area contributed by atoms with E-state index in [2.05, 4.69) is 9.97 Å². The van der Waals surface area contributed by atoms with E-state index in [1.807, 2.05) is 35.4 Å². The standard InChI is InChI=1S/C27H28N4O3S/c1-18-22(17-25(32)31(27-29-14-15-35-27)20-6-4-3-5-7-20)23-16-21(34-2)8-9-24(23)30(18)26(33)19-10-12-28-13-11-19/h8-16,20H,3-7,17H2,1-2H3. The van der Waals surface area contributed by atoms with E-state index in [0.29, 0.717) is 11.3 Å². The Morgan fingerprint density at radius 3 is 2.57 bits per heavy atom. The van der Waals surface area contributed by atoms with Gasteiger partial charge in [0.1, 0.15) is 5.75 Å². The average molecular weight is 489 g/mol. The molecule has 3 aromatic heterocycles. The molecule has 4 aromatic rings. The van der Waals surface area contributed by atoms with Crippen molar-refractivity contribution in [3.05, 3.63) is 71.1 Å². The third kappa shape index (κ3) is 4.46. The van der Waals surface area contributed by atoms with Gasteiger partial charge in [-0.1, -0.05) is 19.3 Å². The van der Waals surface area contributed by atoms with Crippen LogP contribution in [0.15, 0.2) is 54.3 Å². The quantitative estimate of drug-likeness (QED) is 0.363. The van der Waals surface area contributed by atoms with Gasteiger partial charge < -0.3 is 4.74 Å². The lowest BCUT2D eigenvalue weighted by atomic mass is 9.94. The highest BCUT2D eigenvalue weighted by molar-refractivity contribution is 7.13. The summed E-state index contributed by atoms with van der Waals surface area (Å²) in [6.45, 7) is 1.91. The maximum Gasteiger partial charge on any atom is 0.262 e. The molecule has 3 heterocycles. The van der Waals surface area contributed by atoms with Gasteiger partial charge >= 0.3 is 0 Å². The Balaban J connectivity index is 1.58. The van der Waals surface area contributed by atoms with Gasteiger partial charge in [0.25, 0.3) is 5.91 Å². The van der Waals surface area contributed by atoms with E-state index in [4.69, 9.17) is 4.74 Å². The van der Waals surface area contributed by atoms with E-state index >= 15 is 0 Å². The number of aromatic nitrogens is 3. The average Bonchev–Trinajstić information content (AvgIpc) is 3.51. The van der Waals surface area contributed by atoms with Gasteiger partial charge in [-0.25, -0.2) is 4.98 Å². The zero-order valence-corrected chi connectivity index (χ0v) is 20.8. The third-order valence-corrected chi connectivity index (χ3v) is 7.60. The Kier molecular flexibility index (Phi) is 6.63. The molecule has 5 rings (SSSR count). The molecule has 1 aliphatic rings. The van der Waals surface area contributed by atoms with Crippen LogP contribution in [0.1, 0.15) is 53.7 Å². The van der Waals surface area contributed by atoms with Crippen LogP contribution in [0.4, 0.5) is 5.13 Å². The minimum Gasteiger partial charge on any atom is -0.497 e. The number of anilines is 1. The lowest BCUT2D eigenvalue weighted by molar-refractivity contribution is -0.118. The summed E-state index contributed by atoms with van der Waals surface area (Å²) >= 11 is 1.49. The molecule has 1 fully saturated rings. The van der Waals surface area contributed by atoms with E-state index in [1.54, 1.807) is 42.4 Å². The van der Waals surface area contributed by atoms with Gasteiger partial charge in [0.2, 0.25) is 5.91 Å². The number of hydrogen-bond acceptors (Lipinski definition) is 6. The first-order valence-electron chi connectivity index (χ1n) is 11.9. The van der Waals surface area contributed by atoms with Crippen LogP contribution in [0.3, 0.4) is 0 Å². The van der Waals surface area contributed by atoms with Gasteiger partial charge in [0.05, 0.1) is 19.0 Å². The number of nitrogens with zero attached hydrogens (tertiary/aromatic N) is 4. The molecule has 180 valence electrons. The molecular weight excluding hydrogens is 460 g/mol. The summed E-state index contributed by atoms with van der Waals surface area (Å²) in [5.41, 5.74) is 2.89. The zero-order chi connectivity index (χ0) is 24.4. The fourth-order valence-corrected chi connectivity index (χ4v) is 5.80. The van der Waals surface area contributed by atoms with Crippen LogP contribution in [0.2, 0.25) is 0 Å². The normalized spacial score (nSPS) is 14.2. The first kappa shape index (κ1) is 23.2. The molecule has 0 unspecified atom stereocenters. The van der Waals surface area contributed by atoms with Crippen molar-refractivity contribution >= 4 is 39.2 Å². The zero-order valence-electron chi connectivity index (χ0n) is 19.9. The minimum atomic E-state index is -0.150. The number of carbonyl (C=O) groups excluding carboxylic acids is 2. The van der Waals surface area contributed by atoms with Gasteiger partial charge in [0.15, 0.2) is 5.13 Å². The number of pyridine rings is 1. The Hall–Kier alpha value is -3.52. The second-order valence-corrected chi connectivity index (χ2v) is 9.74. The number of methoxy groups -OCH3 is 1. The highest BCUT2D eigenvalue weighted by Gasteiger charge is 2.30. The van der Waals surface area contributed by atoms with E-state index in [-0.39, 0.29) is 24.3 Å². The predicted octanol–water partition coefficient (Wildman–Crippen LogP) is 5.41. The number of benzene rings is 1. The lowest BCUT2D eigenvalue weighted by Crippen LogP contribution is -2.42. The molecule has 1 saturated carbocycles. The van der Waals surface area contributed by atoms with Crippen LogP contribution < -0.4 is 9.64 Å². The molecule has 1 aromatic carbocycles. The second kappa shape index (κ2) is 10.00. The molecule has 0 bridgehead atoms. The maximum absolute atomic E-state index is 13.9. The van der Waals surface area contributed by atoms with Crippen LogP contribution >= 0.6 is 11.3 Å². The van der Waals surface area contributed by atoms with Gasteiger partial charge in [-0.3, -0.25) is 24.0 Å². The van der Waals surface area contributed by atoms with Crippen molar-refractivity contribution in [1.82, 2.24) is 14.5 Å². The number of carbonyl (C=O) groups is 2. The topological polar surface area (TPSA) is 77.3 Å². The molecule has 0 radical (unpaired) electrons. The molecule has 7 nitrogen and oxygen atoms in total. The smallest absolute Gasteiger partial charge is 0.262 e. The highest BCUT2D eigenvalue weighted by atomic mass is 32.1. The predicted molar refractivity (Wildman–Crippen MR) is 137 cm³/mol. The Bertz CT molecular complexity index is 1340. The van der Waals surface area contributed by atoms with Crippen molar-refractivity contribution in [3.63, 3.8) is 0 Å². The van der Waals surface area contributed by atoms with Crippen LogP contribution in [-0.2, 0) is 11.2 Å². The largest absolute Gasteiger partial charge is 0.497 e. The molecule has 0 aliphatic heterocycles. The monoisotopic (exact) mass is 488 g/mol. The van der Waals surface area contributed by atoms with Crippen LogP contribution in [0.25, 0.3) is 10.9 Å². The molecule has 0 saturated heterocycles. The molecule has 1 aliphatic carbocycles. The maximum atomic E-state index is 13.9. The lowest BCUT2D eigenvalue weighted by Gasteiger charge is -2.32. The summed E-state index contributed by atoms with van der Waals surface area (Å²) in [7, 11) is 1.62. The third-order valence-electron chi connectivity index (χ3n) is 6.83. The van der Waals surface area contributed by atoms with Crippen molar-refractivity contribution in [2.45, 2.75) is 51.5 Å². The summed E-state index contributed by atoms with van der Waals surface area (Å²) in [6.07, 6.45) is 10.6. The summed E-state index contributed by atoms with van der Waals surface area (Å²) in [5, 5.41) is 3.50. The van der Waals surface area contributed by atoms with Crippen molar-refractivity contribution < 1.29 is 14.3 Å². The van der Waals surface area contributed by atoms with Crippen molar-refractivity contribution in [2.75, 3.05) is 12.0 Å². The van der Waals surface area contributed by atoms with Crippen LogP contribution in [0, 0.1) is 6.92 Å². The second-order valence-electron chi connectivity index (χ2n) is 8.87. The summed E-state index contributed by atoms with van der Waals surface area (Å²) in [5.74, 6) is 0.541. The molecule has 35 heavy (non-hydrogen) atoms. The fourth-order valence-electron chi connectivity index (χ4n) is 5.07. The van der Waals surface area contributed by atoms with Gasteiger partial charge in [-0.05, 0) is 55.7 Å². The Labute approximate surface area is 208 Å². The number of rotatable bonds is 6. The minimum absolute atomic E-state index is 0.00757. The van der Waals surface area contributed by atoms with Gasteiger partial charge in [0, 0.05) is 46.7 Å². The summed E-state index contributed by atoms with van der Waals surface area (Å²) in [6, 6.07) is 9.20. The van der Waals surface area contributed by atoms with Gasteiger partial charge in [-0.15, -0.1) is 11.3 Å². The number of amides is 1. The molecule has 1 amide bonds. The van der Waals surface area contributed by atoms with Crippen LogP contribution in [-0.4, -0.2) is 39.5 Å². The summed E-state index contributed by atoms with van der Waals surface area (Å²) < 4.78 is 7.17. The molecule has 0 atom stereocenters. The number of hydrogen-bond donors (Lipinski definition) is 0. The van der Waals surface area contributed by atoms with Crippen molar-refractivity contribution in [3.8, 4) is 5.75 Å². The molecule has 0 spiro atoms. The Morgan fingerprint density at radius 2 is 1.89 bits per heavy atom. The first-order chi connectivity index (χ1) is 17.1. The number of fused-ring (bicyclic) bond motifs is 1. The van der Waals surface area contributed by atoms with Gasteiger partial charge in [-0.2, -0.15) is 0 Å². The van der Waals surface area contributed by atoms with Crippen molar-refractivity contribution in [1.29, 1.82) is 0 Å². The molecular formula is C27H28N4O3S. The van der Waals surface area contributed by atoms with E-state index in [1.165, 1.54) is 17.8 Å². The molecule has 8 heteroatoms. The first-order valence-corrected chi connectivity index (χ1v) is 12.8. The number of ether oxygens (including phenoxy) is 1. The van der Waals surface area contributed by atoms with E-state index < -0.39 is 0 Å². The molecule has 0 N–H and O–H groups in total. The SMILES string of the molecule is COc1ccc2c(c1)c(CC(=O)N(c1nccs1)C1CCCCC1)c(C)n2C(=O)c1ccncc1. The Morgan fingerprint density at radius 1 is 1.11 bits per heavy atom. The number of thiazole rings is 1. The fraction of sp³-hybridized carbons (Fsp3) is 0.333. The van der Waals surface area contributed by atoms with E-state index in [0.717, 1.165) is 53.0 Å². The highest BCUT2D eigenvalue weighted by Crippen LogP contribution is 2.33. The summed E-state index contributed by atoms with van der Waals surface area (Å²) in [4.78, 5) is 37.8. The van der Waals surface area contributed by atoms with Crippen molar-refractivity contribution in [2.24, 2.45) is 0 Å². The van der Waals surface area contributed by atoms with E-state index in [9.17, 15) is 9.59 Å². The van der Waals surface area contributed by atoms with Crippen LogP contribution in [0.5, 0.6) is 5.75 Å².